The number of nitrogens with one attached hydrogen (secondary N) is 9. The smallest absolute Gasteiger partial charge is 0.409 e. The Bertz CT molecular complexity index is 4340. The van der Waals surface area contributed by atoms with Gasteiger partial charge in [-0.05, 0) is 79.3 Å². The number of fused-ring (bicyclic) bond motifs is 5. The highest BCUT2D eigenvalue weighted by molar-refractivity contribution is 7.91. The molecular formula is C77H106N14O25S. The van der Waals surface area contributed by atoms with Crippen LogP contribution in [0.5, 0.6) is 5.75 Å². The maximum atomic E-state index is 15.2. The molecule has 7 rings (SSSR count). The van der Waals surface area contributed by atoms with Crippen LogP contribution in [0, 0.1) is 29.6 Å². The number of nitrogens with zero attached hydrogens (tertiary/aromatic N) is 4. The van der Waals surface area contributed by atoms with Gasteiger partial charge in [-0.15, -0.1) is 0 Å². The highest BCUT2D eigenvalue weighted by Gasteiger charge is 2.48. The van der Waals surface area contributed by atoms with Crippen LogP contribution in [0.3, 0.4) is 0 Å². The lowest BCUT2D eigenvalue weighted by Crippen LogP contribution is -2.56. The number of urea groups is 1. The number of benzene rings is 2. The number of carbonyl (C=O) groups is 17. The number of ether oxygens (including phenoxy) is 3. The number of aliphatic carboxylic acids is 1. The number of unbranched alkanes of at least 4 members (excludes halogenated alkanes) is 2. The number of aliphatic hydroxyl groups excluding tert-OH is 2. The monoisotopic (exact) mass is 1660 g/mol. The van der Waals surface area contributed by atoms with Gasteiger partial charge in [0.2, 0.25) is 47.3 Å². The number of primary amides is 1. The summed E-state index contributed by atoms with van der Waals surface area (Å²) in [4.78, 5) is 240. The normalized spacial score (nSPS) is 21.7. The lowest BCUT2D eigenvalue weighted by atomic mass is 9.83. The average Bonchev–Trinajstić information content (AvgIpc) is 1.61. The third-order valence-corrected chi connectivity index (χ3v) is 22.8. The van der Waals surface area contributed by atoms with E-state index >= 15 is 22.8 Å². The average molecular weight is 1660 g/mol. The number of anilines is 1. The largest absolute Gasteiger partial charge is 0.497 e. The van der Waals surface area contributed by atoms with E-state index in [2.05, 4.69) is 47.5 Å². The third kappa shape index (κ3) is 26.3. The van der Waals surface area contributed by atoms with Gasteiger partial charge in [0.1, 0.15) is 59.5 Å². The van der Waals surface area contributed by atoms with Crippen molar-refractivity contribution in [2.24, 2.45) is 35.3 Å². The number of aliphatic hydroxyl groups is 2. The van der Waals surface area contributed by atoms with E-state index in [9.17, 15) is 82.4 Å². The number of aromatic amines is 1. The molecule has 4 aliphatic heterocycles. The van der Waals surface area contributed by atoms with Gasteiger partial charge < -0.3 is 97.5 Å². The van der Waals surface area contributed by atoms with Gasteiger partial charge in [-0.2, -0.15) is 0 Å². The fraction of sp³-hybridized carbons (Fsp3) is 0.571. The van der Waals surface area contributed by atoms with Crippen LogP contribution < -0.4 is 53.0 Å². The minimum Gasteiger partial charge on any atom is -0.497 e. The summed E-state index contributed by atoms with van der Waals surface area (Å²) in [7, 11) is -1.01. The van der Waals surface area contributed by atoms with E-state index in [1.165, 1.54) is 82.7 Å². The van der Waals surface area contributed by atoms with Crippen LogP contribution in [-0.2, 0) is 99.5 Å². The summed E-state index contributed by atoms with van der Waals surface area (Å²) < 4.78 is 47.2. The Morgan fingerprint density at radius 1 is 0.761 bits per heavy atom. The molecule has 39 nitrogen and oxygen atoms in total. The van der Waals surface area contributed by atoms with Crippen molar-refractivity contribution in [2.75, 3.05) is 78.2 Å². The quantitative estimate of drug-likeness (QED) is 0.0306. The molecule has 14 amide bonds. The first kappa shape index (κ1) is 92.7. The van der Waals surface area contributed by atoms with Gasteiger partial charge in [0, 0.05) is 120 Å². The molecule has 1 unspecified atom stereocenters. The number of likely N-dealkylation sites (N-methyl/N-ethyl adjacent to an activating group) is 2. The molecule has 12 atom stereocenters. The first-order chi connectivity index (χ1) is 55.3. The molecule has 0 spiro atoms. The predicted molar refractivity (Wildman–Crippen MR) is 415 cm³/mol. The molecule has 1 saturated heterocycles. The lowest BCUT2D eigenvalue weighted by Gasteiger charge is -2.32. The van der Waals surface area contributed by atoms with Crippen molar-refractivity contribution in [1.82, 2.24) is 61.8 Å². The summed E-state index contributed by atoms with van der Waals surface area (Å²) in [5.74, 6) is -19.6. The lowest BCUT2D eigenvalue weighted by molar-refractivity contribution is -0.148. The molecule has 5 heterocycles. The van der Waals surface area contributed by atoms with E-state index in [1.54, 1.807) is 27.7 Å². The van der Waals surface area contributed by atoms with Crippen molar-refractivity contribution in [3.63, 3.8) is 0 Å². The van der Waals surface area contributed by atoms with E-state index in [1.807, 2.05) is 0 Å². The Morgan fingerprint density at radius 3 is 2.09 bits per heavy atom. The first-order valence-corrected chi connectivity index (χ1v) is 40.3. The van der Waals surface area contributed by atoms with Crippen molar-refractivity contribution in [1.29, 1.82) is 0 Å². The number of methoxy groups -OCH3 is 1. The topological polar surface area (TPSA) is 564 Å². The summed E-state index contributed by atoms with van der Waals surface area (Å²) >= 11 is 0. The standard InChI is InChI=1S/C77H106N14O25S/c1-9-42(4)67-71(106)80-36-62(99)82-54-40-117(112,113)73-51(50-21-20-48(114-8)34-53(50)84-73)30-45(56(93)22-23-61(98)86-67)31-58(95)68(43(5)59(96)38-92)87-70(105)55-35-49(37-91(55)74(108)46(32-57(54)94)33-65(102)103)116-77(111)89(7)29-28-88(6)76(110)115-39-44-16-18-47(19-17-44)81-69(104)52(14-13-26-79-75(78)109)83-72(107)66(41(2)3)85-60(97)15-11-10-12-27-90-63(100)24-25-64(90)101/h16-21,24-25,34,41-43,45-46,49,52,54-55,59,66-68,84,92,96H,9-15,22-23,26-33,35-40H2,1-8H3,(H,80,106)(H,81,104)(H,82,99)(H,83,107)(H,85,97)(H,86,98)(H,87,105)(H,102,103)(H3,78,79,109)/t42-,43-,45-,46-,49-,52+,54-,55?,59-,66-,67+,68+/m0/s1. The van der Waals surface area contributed by atoms with Crippen LogP contribution in [0.2, 0.25) is 0 Å². The van der Waals surface area contributed by atoms with Gasteiger partial charge >= 0.3 is 24.2 Å². The molecule has 640 valence electrons. The molecule has 40 heteroatoms. The fourth-order valence-electron chi connectivity index (χ4n) is 13.8. The van der Waals surface area contributed by atoms with Crippen molar-refractivity contribution >= 4 is 127 Å². The number of rotatable bonds is 30. The summed E-state index contributed by atoms with van der Waals surface area (Å²) in [6, 6.07) is 0.246. The van der Waals surface area contributed by atoms with Crippen LogP contribution in [0.25, 0.3) is 10.9 Å². The molecule has 1 fully saturated rings. The van der Waals surface area contributed by atoms with Crippen molar-refractivity contribution < 1.29 is 119 Å². The summed E-state index contributed by atoms with van der Waals surface area (Å²) in [5, 5.41) is 51.8. The van der Waals surface area contributed by atoms with E-state index in [-0.39, 0.29) is 80.0 Å². The van der Waals surface area contributed by atoms with Crippen LogP contribution in [0.4, 0.5) is 20.1 Å². The van der Waals surface area contributed by atoms with Crippen molar-refractivity contribution in [3.8, 4) is 5.75 Å². The zero-order valence-corrected chi connectivity index (χ0v) is 67.4. The van der Waals surface area contributed by atoms with Gasteiger partial charge in [0.05, 0.1) is 62.6 Å². The number of carbonyl (C=O) groups excluding carboxylic acids is 16. The number of nitrogens with two attached hydrogens (primary N) is 1. The Balaban J connectivity index is 1.06. The number of H-pyrrole nitrogens is 1. The van der Waals surface area contributed by atoms with E-state index in [4.69, 9.17) is 19.9 Å². The summed E-state index contributed by atoms with van der Waals surface area (Å²) in [6.07, 6.45) is -6.41. The van der Waals surface area contributed by atoms with Crippen molar-refractivity contribution in [2.45, 2.75) is 185 Å². The number of carboxylic acid groups (broad SMARTS) is 1. The van der Waals surface area contributed by atoms with Crippen LogP contribution in [-0.4, -0.2) is 270 Å². The zero-order chi connectivity index (χ0) is 86.3. The summed E-state index contributed by atoms with van der Waals surface area (Å²) in [6.45, 7) is 4.93. The Hall–Kier alpha value is -11.4. The number of hydrogen-bond acceptors (Lipinski definition) is 24. The Labute approximate surface area is 675 Å². The van der Waals surface area contributed by atoms with Crippen LogP contribution >= 0.6 is 0 Å². The Morgan fingerprint density at radius 2 is 1.44 bits per heavy atom. The molecule has 1 aromatic heterocycles. The molecule has 0 radical (unpaired) electrons. The molecular weight excluding hydrogens is 1550 g/mol. The molecule has 2 bridgehead atoms. The molecule has 14 N–H and O–H groups in total. The fourth-order valence-corrected chi connectivity index (χ4v) is 15.6. The Kier molecular flexibility index (Phi) is 34.1. The van der Waals surface area contributed by atoms with Gasteiger partial charge in [0.15, 0.2) is 21.4 Å². The highest BCUT2D eigenvalue weighted by Crippen LogP contribution is 2.35. The predicted octanol–water partition coefficient (Wildman–Crippen LogP) is -0.0948. The van der Waals surface area contributed by atoms with Crippen LogP contribution in [0.1, 0.15) is 129 Å². The molecule has 3 aromatic rings. The van der Waals surface area contributed by atoms with Gasteiger partial charge in [-0.25, -0.2) is 22.8 Å². The number of hydrogen-bond donors (Lipinski definition) is 13. The minimum absolute atomic E-state index is 0.0235. The number of carboxylic acids is 1. The summed E-state index contributed by atoms with van der Waals surface area (Å²) in [5.41, 5.74) is 5.93. The number of amides is 14. The maximum Gasteiger partial charge on any atom is 0.409 e. The van der Waals surface area contributed by atoms with E-state index in [0.717, 1.165) is 19.6 Å². The molecule has 117 heavy (non-hydrogen) atoms. The third-order valence-electron chi connectivity index (χ3n) is 21.0. The number of sulfone groups is 1. The second kappa shape index (κ2) is 43.0. The SMILES string of the molecule is CC[C@H](C)[C@H]1NC(=O)CCC(=O)[C@@H]2CC(=O)[C@@H]([C@@H](C)[C@@H](O)CO)NC(=O)C3C[C@H](OC(=O)N(C)CCN(C)C(=O)OCc4ccc(NC(=O)[C@@H](CCCNC(N)=O)NC(=O)[C@@H](NC(=O)CCCCCN5C(=O)C=CC5=O)C(C)C)cc4)CN3C(=O)[C@H](CC(=O)O)CC(=O)[C@H](CS(=O)(=O)c3[nH]c4cc(OC)ccc4c3C2)NC(=O)CNC1=O. The van der Waals surface area contributed by atoms with Gasteiger partial charge in [0.25, 0.3) is 11.8 Å². The molecule has 0 saturated carbocycles. The van der Waals surface area contributed by atoms with Gasteiger partial charge in [-0.3, -0.25) is 72.0 Å². The second-order valence-electron chi connectivity index (χ2n) is 30.1. The number of aromatic nitrogens is 1. The van der Waals surface area contributed by atoms with E-state index < -0.39 is 264 Å². The maximum absolute atomic E-state index is 15.2. The minimum atomic E-state index is -4.98. The zero-order valence-electron chi connectivity index (χ0n) is 66.6. The molecule has 4 aliphatic rings. The highest BCUT2D eigenvalue weighted by atomic mass is 32.2. The van der Waals surface area contributed by atoms with E-state index in [0.29, 0.717) is 31.2 Å². The molecule has 2 aromatic carbocycles. The molecule has 0 aliphatic carbocycles. The van der Waals surface area contributed by atoms with Gasteiger partial charge in [-0.1, -0.05) is 59.6 Å². The number of Topliss-reactive ketones (excluding diaryl/α,β-unsaturated/α-hetero) is 3. The number of imide groups is 1. The first-order valence-electron chi connectivity index (χ1n) is 38.7. The second-order valence-corrected chi connectivity index (χ2v) is 32.1. The van der Waals surface area contributed by atoms with Crippen molar-refractivity contribution in [3.05, 3.63) is 65.7 Å². The van der Waals surface area contributed by atoms with Crippen LogP contribution in [0.15, 0.2) is 59.6 Å². The number of ketones is 3.